The van der Waals surface area contributed by atoms with Crippen molar-refractivity contribution < 1.29 is 4.79 Å². The van der Waals surface area contributed by atoms with Crippen LogP contribution in [0.4, 0.5) is 5.82 Å². The molecule has 1 amide bonds. The molecule has 0 aromatic carbocycles. The van der Waals surface area contributed by atoms with Gasteiger partial charge in [-0.1, -0.05) is 27.7 Å². The zero-order valence-corrected chi connectivity index (χ0v) is 13.0. The van der Waals surface area contributed by atoms with Crippen molar-refractivity contribution in [2.45, 2.75) is 38.9 Å². The number of aromatic amines is 1. The molecule has 0 saturated heterocycles. The fourth-order valence-electron chi connectivity index (χ4n) is 1.13. The largest absolute Gasteiger partial charge is 0.308 e. The monoisotopic (exact) mass is 319 g/mol. The average Bonchev–Trinajstić information content (AvgIpc) is 2.56. The summed E-state index contributed by atoms with van der Waals surface area (Å²) in [5.41, 5.74) is 0.990. The van der Waals surface area contributed by atoms with Crippen molar-refractivity contribution in [3.05, 3.63) is 10.2 Å². The van der Waals surface area contributed by atoms with Gasteiger partial charge in [0, 0.05) is 4.75 Å². The minimum Gasteiger partial charge on any atom is -0.308 e. The van der Waals surface area contributed by atoms with Crippen LogP contribution in [-0.4, -0.2) is 26.6 Å². The van der Waals surface area contributed by atoms with E-state index in [2.05, 4.69) is 52.2 Å². The van der Waals surface area contributed by atoms with Gasteiger partial charge < -0.3 is 5.32 Å². The van der Waals surface area contributed by atoms with E-state index in [0.717, 1.165) is 16.6 Å². The summed E-state index contributed by atoms with van der Waals surface area (Å²) in [6.45, 7) is 8.29. The van der Waals surface area contributed by atoms with Gasteiger partial charge in [0.2, 0.25) is 5.91 Å². The Morgan fingerprint density at radius 1 is 1.53 bits per heavy atom. The van der Waals surface area contributed by atoms with Gasteiger partial charge in [0.15, 0.2) is 5.82 Å². The Kier molecular flexibility index (Phi) is 5.06. The third-order valence-electron chi connectivity index (χ3n) is 2.02. The molecule has 0 bridgehead atoms. The lowest BCUT2D eigenvalue weighted by Crippen LogP contribution is -2.19. The molecule has 1 heterocycles. The van der Waals surface area contributed by atoms with Gasteiger partial charge in [-0.15, -0.1) is 11.8 Å². The number of aryl methyl sites for hydroxylation is 1. The summed E-state index contributed by atoms with van der Waals surface area (Å²) in [5.74, 6) is 0.977. The summed E-state index contributed by atoms with van der Waals surface area (Å²) in [6, 6.07) is 0. The van der Waals surface area contributed by atoms with Gasteiger partial charge in [-0.2, -0.15) is 5.10 Å². The number of carbonyl (C=O) groups is 1. The van der Waals surface area contributed by atoms with Crippen LogP contribution in [-0.2, 0) is 11.2 Å². The summed E-state index contributed by atoms with van der Waals surface area (Å²) in [4.78, 5) is 11.7. The third kappa shape index (κ3) is 4.71. The lowest BCUT2D eigenvalue weighted by molar-refractivity contribution is -0.113. The second-order valence-electron chi connectivity index (χ2n) is 4.67. The molecule has 0 atom stereocenters. The van der Waals surface area contributed by atoms with E-state index in [1.54, 1.807) is 11.8 Å². The number of amides is 1. The number of aromatic nitrogens is 2. The minimum atomic E-state index is -0.0280. The molecule has 0 aliphatic heterocycles. The van der Waals surface area contributed by atoms with Gasteiger partial charge in [0.1, 0.15) is 0 Å². The van der Waals surface area contributed by atoms with Crippen LogP contribution < -0.4 is 5.32 Å². The average molecular weight is 320 g/mol. The number of carbonyl (C=O) groups excluding carboxylic acids is 1. The molecule has 17 heavy (non-hydrogen) atoms. The Labute approximate surface area is 114 Å². The van der Waals surface area contributed by atoms with Crippen LogP contribution in [0, 0.1) is 0 Å². The topological polar surface area (TPSA) is 57.8 Å². The number of nitrogens with zero attached hydrogens (tertiary/aromatic N) is 1. The van der Waals surface area contributed by atoms with Crippen LogP contribution in [0.1, 0.15) is 33.4 Å². The molecule has 6 heteroatoms. The second kappa shape index (κ2) is 5.91. The summed E-state index contributed by atoms with van der Waals surface area (Å²) in [6.07, 6.45) is 0.847. The molecule has 0 aliphatic rings. The standard InChI is InChI=1S/C11H18BrN3OS/c1-5-7-9(12)10(15-14-7)13-8(16)6-17-11(2,3)4/h5-6H2,1-4H3,(H2,13,14,15,16). The quantitative estimate of drug-likeness (QED) is 0.896. The van der Waals surface area contributed by atoms with Gasteiger partial charge in [0.05, 0.1) is 15.9 Å². The molecule has 1 rings (SSSR count). The first-order valence-electron chi connectivity index (χ1n) is 5.50. The van der Waals surface area contributed by atoms with E-state index in [1.807, 2.05) is 6.92 Å². The Hall–Kier alpha value is -0.490. The van der Waals surface area contributed by atoms with E-state index in [1.165, 1.54) is 0 Å². The molecule has 0 radical (unpaired) electrons. The molecule has 0 unspecified atom stereocenters. The number of rotatable bonds is 4. The highest BCUT2D eigenvalue weighted by atomic mass is 79.9. The Bertz CT molecular complexity index is 398. The number of nitrogens with one attached hydrogen (secondary N) is 2. The maximum atomic E-state index is 11.7. The van der Waals surface area contributed by atoms with Crippen molar-refractivity contribution in [2.24, 2.45) is 0 Å². The number of anilines is 1. The molecule has 0 fully saturated rings. The maximum Gasteiger partial charge on any atom is 0.235 e. The highest BCUT2D eigenvalue weighted by Gasteiger charge is 2.16. The predicted octanol–water partition coefficient (Wildman–Crippen LogP) is 3.20. The van der Waals surface area contributed by atoms with E-state index in [-0.39, 0.29) is 10.7 Å². The fourth-order valence-corrected chi connectivity index (χ4v) is 2.32. The van der Waals surface area contributed by atoms with Crippen molar-refractivity contribution in [1.82, 2.24) is 10.2 Å². The first-order chi connectivity index (χ1) is 7.83. The fraction of sp³-hybridized carbons (Fsp3) is 0.636. The predicted molar refractivity (Wildman–Crippen MR) is 76.5 cm³/mol. The summed E-state index contributed by atoms with van der Waals surface area (Å²) >= 11 is 5.03. The van der Waals surface area contributed by atoms with E-state index in [4.69, 9.17) is 0 Å². The van der Waals surface area contributed by atoms with Crippen molar-refractivity contribution in [2.75, 3.05) is 11.1 Å². The van der Waals surface area contributed by atoms with Crippen LogP contribution >= 0.6 is 27.7 Å². The van der Waals surface area contributed by atoms with Crippen molar-refractivity contribution in [1.29, 1.82) is 0 Å². The van der Waals surface area contributed by atoms with Crippen LogP contribution in [0.25, 0.3) is 0 Å². The molecule has 1 aromatic heterocycles. The highest BCUT2D eigenvalue weighted by molar-refractivity contribution is 9.10. The Morgan fingerprint density at radius 3 is 2.65 bits per heavy atom. The number of halogens is 1. The van der Waals surface area contributed by atoms with E-state index in [9.17, 15) is 4.79 Å². The highest BCUT2D eigenvalue weighted by Crippen LogP contribution is 2.26. The van der Waals surface area contributed by atoms with Crippen molar-refractivity contribution in [3.8, 4) is 0 Å². The SMILES string of the molecule is CCc1[nH]nc(NC(=O)CSC(C)(C)C)c1Br. The summed E-state index contributed by atoms with van der Waals surface area (Å²) in [7, 11) is 0. The smallest absolute Gasteiger partial charge is 0.235 e. The number of H-pyrrole nitrogens is 1. The van der Waals surface area contributed by atoms with E-state index in [0.29, 0.717) is 11.6 Å². The van der Waals surface area contributed by atoms with Crippen molar-refractivity contribution in [3.63, 3.8) is 0 Å². The zero-order chi connectivity index (χ0) is 13.1. The van der Waals surface area contributed by atoms with E-state index < -0.39 is 0 Å². The molecule has 2 N–H and O–H groups in total. The van der Waals surface area contributed by atoms with Crippen LogP contribution in [0.2, 0.25) is 0 Å². The first kappa shape index (κ1) is 14.6. The van der Waals surface area contributed by atoms with Crippen LogP contribution in [0.5, 0.6) is 0 Å². The number of hydrogen-bond donors (Lipinski definition) is 2. The first-order valence-corrected chi connectivity index (χ1v) is 7.28. The molecule has 0 saturated carbocycles. The zero-order valence-electron chi connectivity index (χ0n) is 10.6. The summed E-state index contributed by atoms with van der Waals surface area (Å²) in [5, 5.41) is 9.73. The van der Waals surface area contributed by atoms with Gasteiger partial charge in [-0.05, 0) is 22.4 Å². The minimum absolute atomic E-state index is 0.0280. The molecule has 96 valence electrons. The Balaban J connectivity index is 2.54. The van der Waals surface area contributed by atoms with E-state index >= 15 is 0 Å². The normalized spacial score (nSPS) is 11.6. The van der Waals surface area contributed by atoms with Crippen LogP contribution in [0.15, 0.2) is 4.47 Å². The molecule has 4 nitrogen and oxygen atoms in total. The maximum absolute atomic E-state index is 11.7. The lowest BCUT2D eigenvalue weighted by atomic mass is 10.3. The summed E-state index contributed by atoms with van der Waals surface area (Å²) < 4.78 is 0.934. The van der Waals surface area contributed by atoms with Crippen molar-refractivity contribution >= 4 is 39.4 Å². The molecule has 0 aliphatic carbocycles. The number of hydrogen-bond acceptors (Lipinski definition) is 3. The van der Waals surface area contributed by atoms with Crippen LogP contribution in [0.3, 0.4) is 0 Å². The molecule has 1 aromatic rings. The number of thioether (sulfide) groups is 1. The van der Waals surface area contributed by atoms with Gasteiger partial charge in [-0.25, -0.2) is 0 Å². The molecule has 0 spiro atoms. The molecular formula is C11H18BrN3OS. The third-order valence-corrected chi connectivity index (χ3v) is 4.15. The van der Waals surface area contributed by atoms with Gasteiger partial charge >= 0.3 is 0 Å². The van der Waals surface area contributed by atoms with Gasteiger partial charge in [-0.3, -0.25) is 9.89 Å². The lowest BCUT2D eigenvalue weighted by Gasteiger charge is -2.16. The second-order valence-corrected chi connectivity index (χ2v) is 7.26. The van der Waals surface area contributed by atoms with Gasteiger partial charge in [0.25, 0.3) is 0 Å². The Morgan fingerprint density at radius 2 is 2.18 bits per heavy atom. The molecular weight excluding hydrogens is 302 g/mol.